The molecule has 2 aromatic carbocycles. The lowest BCUT2D eigenvalue weighted by Gasteiger charge is -2.20. The van der Waals surface area contributed by atoms with Crippen molar-refractivity contribution in [3.8, 4) is 0 Å². The molecule has 0 radical (unpaired) electrons. The molecule has 1 amide bonds. The summed E-state index contributed by atoms with van der Waals surface area (Å²) in [6.45, 7) is 3.73. The Kier molecular flexibility index (Phi) is 5.91. The van der Waals surface area contributed by atoms with Crippen LogP contribution in [-0.4, -0.2) is 24.5 Å². The summed E-state index contributed by atoms with van der Waals surface area (Å²) < 4.78 is 25.4. The number of hydrogen-bond acceptors (Lipinski definition) is 3. The molecule has 128 valence electrons. The molecule has 2 aromatic rings. The van der Waals surface area contributed by atoms with E-state index in [1.807, 2.05) is 13.8 Å². The third-order valence-corrected chi connectivity index (χ3v) is 6.29. The maximum absolute atomic E-state index is 12.7. The second-order valence-corrected chi connectivity index (χ2v) is 8.69. The highest BCUT2D eigenvalue weighted by atomic mass is 35.5. The van der Waals surface area contributed by atoms with Crippen LogP contribution in [0.1, 0.15) is 21.5 Å². The van der Waals surface area contributed by atoms with Crippen LogP contribution in [0.15, 0.2) is 53.4 Å². The molecule has 4 nitrogen and oxygen atoms in total. The van der Waals surface area contributed by atoms with Crippen LogP contribution in [0.3, 0.4) is 0 Å². The summed E-state index contributed by atoms with van der Waals surface area (Å²) in [5, 5.41) is 0.968. The number of carbonyl (C=O) groups is 1. The third-order valence-electron chi connectivity index (χ3n) is 3.50. The Balaban J connectivity index is 2.30. The van der Waals surface area contributed by atoms with Crippen molar-refractivity contribution >= 4 is 38.9 Å². The number of aryl methyl sites for hydroxylation is 2. The number of alkyl halides is 2. The van der Waals surface area contributed by atoms with E-state index in [2.05, 4.69) is 5.32 Å². The van der Waals surface area contributed by atoms with Gasteiger partial charge in [0.2, 0.25) is 9.84 Å². The van der Waals surface area contributed by atoms with Crippen LogP contribution in [0.4, 0.5) is 0 Å². The molecule has 0 saturated carbocycles. The SMILES string of the molecule is Cc1ccc(C(=O)N[C@H](C(Cl)Cl)S(=O)(=O)c2ccc(C)cc2)cc1. The summed E-state index contributed by atoms with van der Waals surface area (Å²) in [4.78, 5) is 11.0. The highest BCUT2D eigenvalue weighted by molar-refractivity contribution is 7.92. The number of sulfone groups is 1. The summed E-state index contributed by atoms with van der Waals surface area (Å²) in [6.07, 6.45) is 0. The average molecular weight is 386 g/mol. The Bertz CT molecular complexity index is 816. The molecule has 0 heterocycles. The zero-order valence-corrected chi connectivity index (χ0v) is 15.5. The molecule has 1 N–H and O–H groups in total. The van der Waals surface area contributed by atoms with Crippen LogP contribution in [0.25, 0.3) is 0 Å². The Morgan fingerprint density at radius 1 is 0.917 bits per heavy atom. The third kappa shape index (κ3) is 4.29. The highest BCUT2D eigenvalue weighted by Crippen LogP contribution is 2.22. The number of carbonyl (C=O) groups excluding carboxylic acids is 1. The van der Waals surface area contributed by atoms with Crippen molar-refractivity contribution < 1.29 is 13.2 Å². The number of nitrogens with one attached hydrogen (secondary N) is 1. The summed E-state index contributed by atoms with van der Waals surface area (Å²) >= 11 is 11.7. The van der Waals surface area contributed by atoms with Gasteiger partial charge in [-0.3, -0.25) is 4.79 Å². The van der Waals surface area contributed by atoms with Gasteiger partial charge in [0.1, 0.15) is 4.84 Å². The zero-order chi connectivity index (χ0) is 17.9. The zero-order valence-electron chi connectivity index (χ0n) is 13.2. The molecule has 0 bridgehead atoms. The van der Waals surface area contributed by atoms with E-state index in [4.69, 9.17) is 23.2 Å². The van der Waals surface area contributed by atoms with E-state index < -0.39 is 26.0 Å². The molecule has 24 heavy (non-hydrogen) atoms. The second-order valence-electron chi connectivity index (χ2n) is 5.45. The Labute approximate surface area is 151 Å². The van der Waals surface area contributed by atoms with Crippen LogP contribution in [0, 0.1) is 13.8 Å². The first-order chi connectivity index (χ1) is 11.2. The van der Waals surface area contributed by atoms with Crippen molar-refractivity contribution in [2.75, 3.05) is 0 Å². The smallest absolute Gasteiger partial charge is 0.252 e. The number of rotatable bonds is 5. The lowest BCUT2D eigenvalue weighted by molar-refractivity contribution is 0.0949. The molecule has 7 heteroatoms. The molecule has 0 unspecified atom stereocenters. The molecule has 2 rings (SSSR count). The molecule has 1 atom stereocenters. The van der Waals surface area contributed by atoms with Crippen molar-refractivity contribution in [3.63, 3.8) is 0 Å². The van der Waals surface area contributed by atoms with Gasteiger partial charge >= 0.3 is 0 Å². The fraction of sp³-hybridized carbons (Fsp3) is 0.235. The second kappa shape index (κ2) is 7.55. The highest BCUT2D eigenvalue weighted by Gasteiger charge is 2.34. The number of amides is 1. The van der Waals surface area contributed by atoms with Gasteiger partial charge < -0.3 is 5.32 Å². The predicted octanol–water partition coefficient (Wildman–Crippen LogP) is 3.64. The lowest BCUT2D eigenvalue weighted by atomic mass is 10.1. The number of halogens is 2. The molecule has 0 fully saturated rings. The minimum atomic E-state index is -3.92. The fourth-order valence-corrected chi connectivity index (χ4v) is 4.35. The van der Waals surface area contributed by atoms with Crippen LogP contribution in [-0.2, 0) is 9.84 Å². The largest absolute Gasteiger partial charge is 0.333 e. The Morgan fingerprint density at radius 3 is 1.83 bits per heavy atom. The van der Waals surface area contributed by atoms with Gasteiger partial charge in [-0.1, -0.05) is 35.4 Å². The van der Waals surface area contributed by atoms with Crippen LogP contribution < -0.4 is 5.32 Å². The summed E-state index contributed by atoms with van der Waals surface area (Å²) in [5.41, 5.74) is 2.24. The van der Waals surface area contributed by atoms with Gasteiger partial charge in [-0.2, -0.15) is 0 Å². The van der Waals surface area contributed by atoms with Gasteiger partial charge in [0.15, 0.2) is 5.37 Å². The number of benzene rings is 2. The van der Waals surface area contributed by atoms with E-state index in [0.29, 0.717) is 5.56 Å². The summed E-state index contributed by atoms with van der Waals surface area (Å²) in [6, 6.07) is 13.0. The average Bonchev–Trinajstić information content (AvgIpc) is 2.53. The van der Waals surface area contributed by atoms with Gasteiger partial charge in [0, 0.05) is 5.56 Å². The van der Waals surface area contributed by atoms with Crippen molar-refractivity contribution in [2.24, 2.45) is 0 Å². The van der Waals surface area contributed by atoms with E-state index in [1.165, 1.54) is 12.1 Å². The molecule has 0 saturated heterocycles. The first kappa shape index (κ1) is 18.8. The fourth-order valence-electron chi connectivity index (χ4n) is 2.07. The van der Waals surface area contributed by atoms with Crippen molar-refractivity contribution in [1.29, 1.82) is 0 Å². The minimum Gasteiger partial charge on any atom is -0.333 e. The van der Waals surface area contributed by atoms with Gasteiger partial charge in [-0.05, 0) is 38.1 Å². The van der Waals surface area contributed by atoms with E-state index in [0.717, 1.165) is 11.1 Å². The lowest BCUT2D eigenvalue weighted by Crippen LogP contribution is -2.45. The molecular formula is C17H17Cl2NO3S. The molecule has 0 aromatic heterocycles. The Morgan fingerprint density at radius 2 is 1.38 bits per heavy atom. The van der Waals surface area contributed by atoms with E-state index in [1.54, 1.807) is 36.4 Å². The van der Waals surface area contributed by atoms with Gasteiger partial charge in [-0.25, -0.2) is 8.42 Å². The quantitative estimate of drug-likeness (QED) is 0.799. The van der Waals surface area contributed by atoms with Crippen molar-refractivity contribution in [1.82, 2.24) is 5.32 Å². The van der Waals surface area contributed by atoms with E-state index in [9.17, 15) is 13.2 Å². The molecule has 0 aliphatic carbocycles. The minimum absolute atomic E-state index is 0.0496. The maximum atomic E-state index is 12.7. The van der Waals surface area contributed by atoms with E-state index >= 15 is 0 Å². The topological polar surface area (TPSA) is 63.2 Å². The van der Waals surface area contributed by atoms with Crippen molar-refractivity contribution in [2.45, 2.75) is 29.0 Å². The van der Waals surface area contributed by atoms with Crippen LogP contribution in [0.2, 0.25) is 0 Å². The summed E-state index contributed by atoms with van der Waals surface area (Å²) in [5.74, 6) is -0.554. The standard InChI is InChI=1S/C17H17Cl2NO3S/c1-11-3-7-13(8-4-11)16(21)20-17(15(18)19)24(22,23)14-9-5-12(2)6-10-14/h3-10,15,17H,1-2H3,(H,20,21)/t17-/m0/s1. The summed E-state index contributed by atoms with van der Waals surface area (Å²) in [7, 11) is -3.92. The number of hydrogen-bond donors (Lipinski definition) is 1. The van der Waals surface area contributed by atoms with Gasteiger partial charge in [0.05, 0.1) is 4.90 Å². The first-order valence-corrected chi connectivity index (χ1v) is 9.60. The van der Waals surface area contributed by atoms with E-state index in [-0.39, 0.29) is 4.90 Å². The normalized spacial score (nSPS) is 12.9. The van der Waals surface area contributed by atoms with Gasteiger partial charge in [0.25, 0.3) is 5.91 Å². The molecule has 0 aliphatic heterocycles. The van der Waals surface area contributed by atoms with Crippen LogP contribution >= 0.6 is 23.2 Å². The molecule has 0 spiro atoms. The Hall–Kier alpha value is -1.56. The predicted molar refractivity (Wildman–Crippen MR) is 96.3 cm³/mol. The molecular weight excluding hydrogens is 369 g/mol. The van der Waals surface area contributed by atoms with Crippen LogP contribution in [0.5, 0.6) is 0 Å². The first-order valence-electron chi connectivity index (χ1n) is 7.18. The van der Waals surface area contributed by atoms with Crippen molar-refractivity contribution in [3.05, 3.63) is 65.2 Å². The monoisotopic (exact) mass is 385 g/mol. The maximum Gasteiger partial charge on any atom is 0.252 e. The van der Waals surface area contributed by atoms with Gasteiger partial charge in [-0.15, -0.1) is 23.2 Å². The molecule has 0 aliphatic rings.